The summed E-state index contributed by atoms with van der Waals surface area (Å²) in [6.45, 7) is 3.52. The van der Waals surface area contributed by atoms with Gasteiger partial charge < -0.3 is 0 Å². The number of imidazole rings is 1. The van der Waals surface area contributed by atoms with Gasteiger partial charge in [-0.2, -0.15) is 0 Å². The molecule has 0 bridgehead atoms. The molecular weight excluding hydrogens is 160 g/mol. The Bertz CT molecular complexity index is 241. The number of nitrogens with one attached hydrogen (secondary N) is 1. The molecule has 2 atom stereocenters. The van der Waals surface area contributed by atoms with Crippen LogP contribution in [0.4, 0.5) is 0 Å². The van der Waals surface area contributed by atoms with E-state index in [1.54, 1.807) is 0 Å². The molecular formula is C11H19N2+. The highest BCUT2D eigenvalue weighted by atomic mass is 15.0. The van der Waals surface area contributed by atoms with Crippen LogP contribution in [0.2, 0.25) is 0 Å². The number of H-pyrrole nitrogens is 1. The minimum atomic E-state index is 0.922. The smallest absolute Gasteiger partial charge is 0.241 e. The van der Waals surface area contributed by atoms with E-state index in [4.69, 9.17) is 0 Å². The third-order valence-electron chi connectivity index (χ3n) is 3.30. The largest absolute Gasteiger partial charge is 0.250 e. The fourth-order valence-electron chi connectivity index (χ4n) is 2.45. The lowest BCUT2D eigenvalue weighted by Crippen LogP contribution is -2.34. The minimum absolute atomic E-state index is 0.922. The summed E-state index contributed by atoms with van der Waals surface area (Å²) in [7, 11) is 0. The second-order valence-corrected chi connectivity index (χ2v) is 4.26. The molecule has 2 rings (SSSR count). The molecule has 2 unspecified atom stereocenters. The van der Waals surface area contributed by atoms with E-state index < -0.39 is 0 Å². The fraction of sp³-hybridized carbons (Fsp3) is 0.727. The van der Waals surface area contributed by atoms with Crippen molar-refractivity contribution in [1.29, 1.82) is 0 Å². The van der Waals surface area contributed by atoms with Crippen molar-refractivity contribution in [2.45, 2.75) is 39.2 Å². The summed E-state index contributed by atoms with van der Waals surface area (Å²) in [5, 5.41) is 0. The van der Waals surface area contributed by atoms with Gasteiger partial charge in [-0.15, -0.1) is 0 Å². The molecule has 1 aromatic heterocycles. The highest BCUT2D eigenvalue weighted by molar-refractivity contribution is 4.72. The number of hydrogen-bond donors (Lipinski definition) is 1. The van der Waals surface area contributed by atoms with E-state index in [0.717, 1.165) is 11.8 Å². The van der Waals surface area contributed by atoms with Gasteiger partial charge in [0.15, 0.2) is 0 Å². The van der Waals surface area contributed by atoms with Crippen molar-refractivity contribution in [2.24, 2.45) is 11.8 Å². The van der Waals surface area contributed by atoms with Crippen LogP contribution in [0.1, 0.15) is 32.6 Å². The maximum Gasteiger partial charge on any atom is 0.241 e. The van der Waals surface area contributed by atoms with Crippen molar-refractivity contribution in [2.75, 3.05) is 0 Å². The molecule has 1 N–H and O–H groups in total. The maximum atomic E-state index is 3.09. The van der Waals surface area contributed by atoms with Crippen LogP contribution in [-0.2, 0) is 6.54 Å². The van der Waals surface area contributed by atoms with Crippen LogP contribution in [0.15, 0.2) is 18.7 Å². The lowest BCUT2D eigenvalue weighted by Gasteiger charge is -2.06. The van der Waals surface area contributed by atoms with Crippen LogP contribution in [0.25, 0.3) is 0 Å². The summed E-state index contributed by atoms with van der Waals surface area (Å²) in [6.07, 6.45) is 11.9. The highest BCUT2D eigenvalue weighted by Gasteiger charge is 2.24. The summed E-state index contributed by atoms with van der Waals surface area (Å²) in [6, 6.07) is 0. The first-order chi connectivity index (χ1) is 6.38. The van der Waals surface area contributed by atoms with Gasteiger partial charge in [-0.3, -0.25) is 4.98 Å². The molecule has 1 fully saturated rings. The van der Waals surface area contributed by atoms with E-state index in [9.17, 15) is 0 Å². The second kappa shape index (κ2) is 3.95. The molecule has 0 amide bonds. The van der Waals surface area contributed by atoms with Crippen molar-refractivity contribution in [3.63, 3.8) is 0 Å². The Kier molecular flexibility index (Phi) is 2.67. The molecule has 1 heterocycles. The first-order valence-corrected chi connectivity index (χ1v) is 5.40. The molecule has 0 radical (unpaired) electrons. The van der Waals surface area contributed by atoms with E-state index in [2.05, 4.69) is 29.0 Å². The Labute approximate surface area is 80.0 Å². The monoisotopic (exact) mass is 179 g/mol. The van der Waals surface area contributed by atoms with Crippen molar-refractivity contribution >= 4 is 0 Å². The van der Waals surface area contributed by atoms with E-state index in [1.165, 1.54) is 32.2 Å². The molecule has 2 heteroatoms. The Hall–Kier alpha value is -0.790. The third kappa shape index (κ3) is 2.11. The Morgan fingerprint density at radius 3 is 2.85 bits per heavy atom. The van der Waals surface area contributed by atoms with Crippen LogP contribution < -0.4 is 4.57 Å². The summed E-state index contributed by atoms with van der Waals surface area (Å²) in [4.78, 5) is 3.09. The SMILES string of the molecule is CCC1CCC(C[n+]2cc[nH]c2)C1. The van der Waals surface area contributed by atoms with E-state index in [1.807, 2.05) is 6.20 Å². The third-order valence-corrected chi connectivity index (χ3v) is 3.30. The van der Waals surface area contributed by atoms with Crippen LogP contribution >= 0.6 is 0 Å². The van der Waals surface area contributed by atoms with Crippen molar-refractivity contribution in [3.05, 3.63) is 18.7 Å². The van der Waals surface area contributed by atoms with E-state index >= 15 is 0 Å². The van der Waals surface area contributed by atoms with E-state index in [0.29, 0.717) is 0 Å². The number of aromatic amines is 1. The average Bonchev–Trinajstić information content (AvgIpc) is 2.76. The minimum Gasteiger partial charge on any atom is -0.250 e. The maximum absolute atomic E-state index is 3.09. The first-order valence-electron chi connectivity index (χ1n) is 5.40. The van der Waals surface area contributed by atoms with Gasteiger partial charge >= 0.3 is 0 Å². The number of nitrogens with zero attached hydrogens (tertiary/aromatic N) is 1. The molecule has 2 nitrogen and oxygen atoms in total. The summed E-state index contributed by atoms with van der Waals surface area (Å²) < 4.78 is 2.27. The Balaban J connectivity index is 1.84. The molecule has 1 aliphatic rings. The van der Waals surface area contributed by atoms with Crippen LogP contribution in [0.5, 0.6) is 0 Å². The summed E-state index contributed by atoms with van der Waals surface area (Å²) in [5.74, 6) is 1.93. The molecule has 13 heavy (non-hydrogen) atoms. The van der Waals surface area contributed by atoms with Gasteiger partial charge in [-0.25, -0.2) is 4.57 Å². The van der Waals surface area contributed by atoms with Crippen LogP contribution in [-0.4, -0.2) is 4.98 Å². The van der Waals surface area contributed by atoms with Crippen LogP contribution in [0.3, 0.4) is 0 Å². The summed E-state index contributed by atoms with van der Waals surface area (Å²) in [5.41, 5.74) is 0. The van der Waals surface area contributed by atoms with Gasteiger partial charge in [-0.1, -0.05) is 19.8 Å². The van der Waals surface area contributed by atoms with Crippen molar-refractivity contribution < 1.29 is 4.57 Å². The zero-order valence-electron chi connectivity index (χ0n) is 8.37. The number of hydrogen-bond acceptors (Lipinski definition) is 0. The van der Waals surface area contributed by atoms with Crippen molar-refractivity contribution in [3.8, 4) is 0 Å². The van der Waals surface area contributed by atoms with E-state index in [-0.39, 0.29) is 0 Å². The molecule has 1 aliphatic carbocycles. The molecule has 0 aromatic carbocycles. The van der Waals surface area contributed by atoms with Gasteiger partial charge in [0.25, 0.3) is 0 Å². The summed E-state index contributed by atoms with van der Waals surface area (Å²) >= 11 is 0. The zero-order chi connectivity index (χ0) is 9.10. The lowest BCUT2D eigenvalue weighted by atomic mass is 10.0. The first kappa shape index (κ1) is 8.79. The predicted molar refractivity (Wildman–Crippen MR) is 52.1 cm³/mol. The van der Waals surface area contributed by atoms with Crippen LogP contribution in [0, 0.1) is 11.8 Å². The molecule has 0 aliphatic heterocycles. The normalized spacial score (nSPS) is 28.1. The molecule has 1 saturated carbocycles. The predicted octanol–water partition coefficient (Wildman–Crippen LogP) is 2.13. The number of rotatable bonds is 3. The Morgan fingerprint density at radius 2 is 2.23 bits per heavy atom. The van der Waals surface area contributed by atoms with Gasteiger partial charge in [0.05, 0.1) is 6.54 Å². The van der Waals surface area contributed by atoms with Gasteiger partial charge in [0, 0.05) is 0 Å². The molecule has 0 spiro atoms. The number of aromatic nitrogens is 2. The second-order valence-electron chi connectivity index (χ2n) is 4.26. The molecule has 1 aromatic rings. The van der Waals surface area contributed by atoms with Gasteiger partial charge in [-0.05, 0) is 24.7 Å². The van der Waals surface area contributed by atoms with Gasteiger partial charge in [0.2, 0.25) is 6.33 Å². The standard InChI is InChI=1S/C11H18N2/c1-2-10-3-4-11(7-10)8-13-6-5-12-9-13/h5-6,9-11H,2-4,7-8H2,1H3/p+1. The zero-order valence-corrected chi connectivity index (χ0v) is 8.37. The molecule has 72 valence electrons. The quantitative estimate of drug-likeness (QED) is 0.686. The topological polar surface area (TPSA) is 19.7 Å². The lowest BCUT2D eigenvalue weighted by molar-refractivity contribution is -0.701. The fourth-order valence-corrected chi connectivity index (χ4v) is 2.45. The van der Waals surface area contributed by atoms with Crippen molar-refractivity contribution in [1.82, 2.24) is 4.98 Å². The Morgan fingerprint density at radius 1 is 1.38 bits per heavy atom. The molecule has 0 saturated heterocycles. The highest BCUT2D eigenvalue weighted by Crippen LogP contribution is 2.32. The average molecular weight is 179 g/mol. The van der Waals surface area contributed by atoms with Gasteiger partial charge in [0.1, 0.15) is 12.4 Å².